The van der Waals surface area contributed by atoms with Gasteiger partial charge in [-0.15, -0.1) is 0 Å². The quantitative estimate of drug-likeness (QED) is 0.248. The summed E-state index contributed by atoms with van der Waals surface area (Å²) in [5.41, 5.74) is 0.648. The molecule has 3 aromatic rings. The Hall–Kier alpha value is -4.04. The zero-order chi connectivity index (χ0) is 33.6. The number of methoxy groups -OCH3 is 1. The van der Waals surface area contributed by atoms with Crippen LogP contribution in [-0.4, -0.2) is 87.2 Å². The van der Waals surface area contributed by atoms with Crippen molar-refractivity contribution in [3.8, 4) is 5.75 Å². The van der Waals surface area contributed by atoms with Crippen molar-refractivity contribution >= 4 is 44.1 Å². The second kappa shape index (κ2) is 12.6. The van der Waals surface area contributed by atoms with E-state index in [-0.39, 0.29) is 36.5 Å². The van der Waals surface area contributed by atoms with Crippen molar-refractivity contribution in [2.75, 3.05) is 50.1 Å². The third-order valence-corrected chi connectivity index (χ3v) is 9.00. The Morgan fingerprint density at radius 2 is 1.85 bits per heavy atom. The lowest BCUT2D eigenvalue weighted by molar-refractivity contribution is 0.0205. The first-order valence-corrected chi connectivity index (χ1v) is 17.0. The molecule has 5 rings (SSSR count). The second-order valence-corrected chi connectivity index (χ2v) is 14.5. The average molecular weight is 658 g/mol. The first-order chi connectivity index (χ1) is 21.6. The Balaban J connectivity index is 1.55. The van der Waals surface area contributed by atoms with E-state index in [9.17, 15) is 18.0 Å². The Morgan fingerprint density at radius 3 is 2.46 bits per heavy atom. The van der Waals surface area contributed by atoms with E-state index in [4.69, 9.17) is 14.2 Å². The van der Waals surface area contributed by atoms with Gasteiger partial charge in [0.15, 0.2) is 6.79 Å². The van der Waals surface area contributed by atoms with Crippen LogP contribution < -0.4 is 14.5 Å². The number of hydrogen-bond donors (Lipinski definition) is 0. The number of benzene rings is 2. The molecule has 14 heteroatoms. The number of aromatic nitrogens is 2. The zero-order valence-corrected chi connectivity index (χ0v) is 28.0. The number of aryl methyl sites for hydroxylation is 1. The van der Waals surface area contributed by atoms with Crippen molar-refractivity contribution in [2.24, 2.45) is 0 Å². The fourth-order valence-corrected chi connectivity index (χ4v) is 6.47. The molecule has 248 valence electrons. The minimum atomic E-state index is -3.85. The number of sulfone groups is 1. The summed E-state index contributed by atoms with van der Waals surface area (Å²) in [6, 6.07) is 6.28. The predicted octanol–water partition coefficient (Wildman–Crippen LogP) is 4.71. The van der Waals surface area contributed by atoms with Gasteiger partial charge in [-0.2, -0.15) is 0 Å². The maximum absolute atomic E-state index is 15.1. The van der Waals surface area contributed by atoms with Crippen LogP contribution in [0.5, 0.6) is 5.75 Å². The number of amides is 2. The lowest BCUT2D eigenvalue weighted by Crippen LogP contribution is -2.47. The van der Waals surface area contributed by atoms with Crippen LogP contribution in [0.1, 0.15) is 62.2 Å². The van der Waals surface area contributed by atoms with Crippen molar-refractivity contribution < 1.29 is 36.6 Å². The van der Waals surface area contributed by atoms with Gasteiger partial charge >= 0.3 is 6.09 Å². The van der Waals surface area contributed by atoms with Gasteiger partial charge in [-0.1, -0.05) is 13.0 Å². The van der Waals surface area contributed by atoms with Crippen LogP contribution in [0, 0.1) is 5.82 Å². The summed E-state index contributed by atoms with van der Waals surface area (Å²) in [4.78, 5) is 40.6. The van der Waals surface area contributed by atoms with Gasteiger partial charge in [-0.3, -0.25) is 4.79 Å². The highest BCUT2D eigenvalue weighted by molar-refractivity contribution is 7.90. The van der Waals surface area contributed by atoms with E-state index in [1.807, 2.05) is 27.7 Å². The van der Waals surface area contributed by atoms with Gasteiger partial charge < -0.3 is 28.9 Å². The Bertz CT molecular complexity index is 1790. The summed E-state index contributed by atoms with van der Waals surface area (Å²) in [5.74, 6) is -0.242. The third kappa shape index (κ3) is 6.59. The lowest BCUT2D eigenvalue weighted by atomic mass is 9.99. The highest BCUT2D eigenvalue weighted by atomic mass is 32.2. The molecule has 2 aliphatic rings. The first-order valence-electron chi connectivity index (χ1n) is 15.1. The molecule has 0 unspecified atom stereocenters. The van der Waals surface area contributed by atoms with E-state index in [0.29, 0.717) is 60.1 Å². The summed E-state index contributed by atoms with van der Waals surface area (Å²) in [5, 5.41) is 0.827. The fraction of sp³-hybridized carbons (Fsp3) is 0.500. The molecule has 0 radical (unpaired) electrons. The van der Waals surface area contributed by atoms with Crippen LogP contribution in [0.15, 0.2) is 29.4 Å². The molecule has 46 heavy (non-hydrogen) atoms. The molecule has 2 aromatic carbocycles. The summed E-state index contributed by atoms with van der Waals surface area (Å²) in [6.45, 7) is 8.02. The molecular weight excluding hydrogens is 617 g/mol. The maximum atomic E-state index is 15.1. The molecule has 0 N–H and O–H groups in total. The summed E-state index contributed by atoms with van der Waals surface area (Å²) in [6.07, 6.45) is 2.09. The molecule has 0 bridgehead atoms. The molecular formula is C32H40FN5O7S. The topological polar surface area (TPSA) is 131 Å². The molecule has 12 nitrogen and oxygen atoms in total. The number of halogens is 1. The Morgan fingerprint density at radius 1 is 1.15 bits per heavy atom. The van der Waals surface area contributed by atoms with Crippen LogP contribution in [0.2, 0.25) is 0 Å². The number of nitrogens with zero attached hydrogens (tertiary/aromatic N) is 5. The second-order valence-electron chi connectivity index (χ2n) is 12.6. The molecule has 2 aliphatic heterocycles. The van der Waals surface area contributed by atoms with Crippen molar-refractivity contribution in [3.63, 3.8) is 0 Å². The van der Waals surface area contributed by atoms with Gasteiger partial charge in [0.25, 0.3) is 5.91 Å². The molecule has 1 aromatic heterocycles. The van der Waals surface area contributed by atoms with E-state index in [0.717, 1.165) is 6.26 Å². The van der Waals surface area contributed by atoms with Crippen molar-refractivity contribution in [3.05, 3.63) is 46.9 Å². The van der Waals surface area contributed by atoms with E-state index in [2.05, 4.69) is 9.97 Å². The molecule has 2 amide bonds. The van der Waals surface area contributed by atoms with Crippen molar-refractivity contribution in [1.29, 1.82) is 0 Å². The average Bonchev–Trinajstić information content (AvgIpc) is 3.33. The normalized spacial score (nSPS) is 15.8. The third-order valence-electron chi connectivity index (χ3n) is 8.15. The molecule has 0 aliphatic carbocycles. The van der Waals surface area contributed by atoms with Crippen LogP contribution in [0.25, 0.3) is 10.8 Å². The van der Waals surface area contributed by atoms with Gasteiger partial charge in [0, 0.05) is 51.0 Å². The fourth-order valence-electron chi connectivity index (χ4n) is 5.95. The Kier molecular flexibility index (Phi) is 9.15. The standard InChI is InChI=1S/C32H40FN5O7S/c1-8-22-23(33)10-9-19-15-21(44-18-43-6)16-25(26(19)22)38-17-24-27(29(38)39)28(35-30(34-24)46(7,41)42)36(5)20-11-13-37(14-12-20)31(40)45-32(2,3)4/h9-10,15-16,20H,8,11-14,17-18H2,1-7H3. The summed E-state index contributed by atoms with van der Waals surface area (Å²) in [7, 11) is -0.596. The summed E-state index contributed by atoms with van der Waals surface area (Å²) < 4.78 is 56.8. The largest absolute Gasteiger partial charge is 0.467 e. The number of anilines is 2. The number of ether oxygens (including phenoxy) is 3. The number of carbonyl (C=O) groups excluding carboxylic acids is 2. The molecule has 3 heterocycles. The maximum Gasteiger partial charge on any atom is 0.410 e. The molecule has 1 fully saturated rings. The van der Waals surface area contributed by atoms with Crippen LogP contribution >= 0.6 is 0 Å². The summed E-state index contributed by atoms with van der Waals surface area (Å²) >= 11 is 0. The van der Waals surface area contributed by atoms with Gasteiger partial charge in [-0.25, -0.2) is 27.6 Å². The van der Waals surface area contributed by atoms with Gasteiger partial charge in [0.05, 0.1) is 17.9 Å². The number of piperidine rings is 1. The van der Waals surface area contributed by atoms with Gasteiger partial charge in [0.1, 0.15) is 28.5 Å². The van der Waals surface area contributed by atoms with Crippen LogP contribution in [-0.2, 0) is 32.3 Å². The first kappa shape index (κ1) is 33.3. The van der Waals surface area contributed by atoms with Crippen molar-refractivity contribution in [1.82, 2.24) is 14.9 Å². The number of fused-ring (bicyclic) bond motifs is 2. The number of likely N-dealkylation sites (tertiary alicyclic amines) is 1. The van der Waals surface area contributed by atoms with Crippen LogP contribution in [0.3, 0.4) is 0 Å². The number of hydrogen-bond acceptors (Lipinski definition) is 10. The van der Waals surface area contributed by atoms with E-state index in [1.165, 1.54) is 18.1 Å². The van der Waals surface area contributed by atoms with Gasteiger partial charge in [0.2, 0.25) is 15.0 Å². The van der Waals surface area contributed by atoms with Crippen LogP contribution in [0.4, 0.5) is 20.7 Å². The predicted molar refractivity (Wildman–Crippen MR) is 171 cm³/mol. The molecule has 1 saturated heterocycles. The highest BCUT2D eigenvalue weighted by Gasteiger charge is 2.39. The van der Waals surface area contributed by atoms with Gasteiger partial charge in [-0.05, 0) is 63.1 Å². The highest BCUT2D eigenvalue weighted by Crippen LogP contribution is 2.41. The monoisotopic (exact) mass is 657 g/mol. The molecule has 0 atom stereocenters. The number of carbonyl (C=O) groups is 2. The molecule has 0 spiro atoms. The van der Waals surface area contributed by atoms with Crippen molar-refractivity contribution in [2.45, 2.75) is 70.3 Å². The van der Waals surface area contributed by atoms with E-state index >= 15 is 4.39 Å². The lowest BCUT2D eigenvalue weighted by Gasteiger charge is -2.38. The van der Waals surface area contributed by atoms with E-state index < -0.39 is 38.4 Å². The Labute approximate surface area is 268 Å². The molecule has 0 saturated carbocycles. The minimum absolute atomic E-state index is 0.0359. The SMILES string of the molecule is CCc1c(F)ccc2cc(OCOC)cc(N3Cc4nc(S(C)(=O)=O)nc(N(C)C5CCN(C(=O)OC(C)(C)C)CC5)c4C3=O)c12. The van der Waals surface area contributed by atoms with E-state index in [1.54, 1.807) is 35.0 Å². The number of rotatable bonds is 8. The minimum Gasteiger partial charge on any atom is -0.467 e. The zero-order valence-electron chi connectivity index (χ0n) is 27.2. The smallest absolute Gasteiger partial charge is 0.410 e.